The van der Waals surface area contributed by atoms with Crippen LogP contribution in [0.3, 0.4) is 0 Å². The highest BCUT2D eigenvalue weighted by molar-refractivity contribution is 8.17. The predicted octanol–water partition coefficient (Wildman–Crippen LogP) is 3.18. The number of nitriles is 1. The lowest BCUT2D eigenvalue weighted by atomic mass is 10.0. The molecule has 0 aromatic heterocycles. The molecule has 0 bridgehead atoms. The molecule has 17 heavy (non-hydrogen) atoms. The first-order valence-electron chi connectivity index (χ1n) is 5.01. The van der Waals surface area contributed by atoms with Crippen LogP contribution in [-0.2, 0) is 4.84 Å². The standard InChI is InChI=1S/C13H10N2OS/c1-16-15-13-11(7-8-17-13)12(9-14)10-5-3-2-4-6-10/h2-8H,1H3/b12-11+,15-13-. The van der Waals surface area contributed by atoms with Crippen molar-refractivity contribution >= 4 is 22.4 Å². The SMILES string of the molecule is CO/N=C1\SC=C\C1=C(\C#N)c1ccccc1. The van der Waals surface area contributed by atoms with Gasteiger partial charge >= 0.3 is 0 Å². The molecular formula is C13H10N2OS. The lowest BCUT2D eigenvalue weighted by Gasteiger charge is -2.03. The van der Waals surface area contributed by atoms with Crippen LogP contribution in [0.15, 0.2) is 52.5 Å². The number of hydrogen-bond acceptors (Lipinski definition) is 4. The zero-order valence-corrected chi connectivity index (χ0v) is 10.1. The maximum Gasteiger partial charge on any atom is 0.148 e. The summed E-state index contributed by atoms with van der Waals surface area (Å²) in [4.78, 5) is 4.77. The number of nitrogens with zero attached hydrogens (tertiary/aromatic N) is 2. The van der Waals surface area contributed by atoms with E-state index in [0.717, 1.165) is 11.1 Å². The molecule has 0 spiro atoms. The highest BCUT2D eigenvalue weighted by Crippen LogP contribution is 2.30. The highest BCUT2D eigenvalue weighted by atomic mass is 32.2. The van der Waals surface area contributed by atoms with E-state index in [2.05, 4.69) is 11.2 Å². The summed E-state index contributed by atoms with van der Waals surface area (Å²) in [5.41, 5.74) is 2.31. The quantitative estimate of drug-likeness (QED) is 0.591. The van der Waals surface area contributed by atoms with Crippen LogP contribution in [0.5, 0.6) is 0 Å². The third-order valence-corrected chi connectivity index (χ3v) is 3.05. The van der Waals surface area contributed by atoms with E-state index in [1.54, 1.807) is 0 Å². The lowest BCUT2D eigenvalue weighted by Crippen LogP contribution is -1.96. The number of hydrogen-bond donors (Lipinski definition) is 0. The summed E-state index contributed by atoms with van der Waals surface area (Å²) < 4.78 is 0. The van der Waals surface area contributed by atoms with Gasteiger partial charge in [0, 0.05) is 5.57 Å². The van der Waals surface area contributed by atoms with E-state index < -0.39 is 0 Å². The van der Waals surface area contributed by atoms with E-state index in [-0.39, 0.29) is 0 Å². The van der Waals surface area contributed by atoms with Gasteiger partial charge in [0.2, 0.25) is 0 Å². The average molecular weight is 242 g/mol. The Hall–Kier alpha value is -1.99. The molecular weight excluding hydrogens is 232 g/mol. The van der Waals surface area contributed by atoms with Gasteiger partial charge in [0.1, 0.15) is 18.2 Å². The normalized spacial score (nSPS) is 19.2. The summed E-state index contributed by atoms with van der Waals surface area (Å²) >= 11 is 1.45. The Morgan fingerprint density at radius 1 is 1.35 bits per heavy atom. The average Bonchev–Trinajstić information content (AvgIpc) is 2.81. The highest BCUT2D eigenvalue weighted by Gasteiger charge is 2.17. The van der Waals surface area contributed by atoms with Gasteiger partial charge in [-0.05, 0) is 17.0 Å². The summed E-state index contributed by atoms with van der Waals surface area (Å²) in [6.45, 7) is 0. The smallest absolute Gasteiger partial charge is 0.148 e. The van der Waals surface area contributed by atoms with Gasteiger partial charge in [0.15, 0.2) is 0 Å². The van der Waals surface area contributed by atoms with Crippen LogP contribution < -0.4 is 0 Å². The van der Waals surface area contributed by atoms with Crippen molar-refractivity contribution in [2.24, 2.45) is 5.16 Å². The van der Waals surface area contributed by atoms with Crippen LogP contribution in [0.2, 0.25) is 0 Å². The largest absolute Gasteiger partial charge is 0.398 e. The van der Waals surface area contributed by atoms with Crippen LogP contribution in [-0.4, -0.2) is 12.2 Å². The van der Waals surface area contributed by atoms with Crippen molar-refractivity contribution in [2.45, 2.75) is 0 Å². The third-order valence-electron chi connectivity index (χ3n) is 2.26. The Morgan fingerprint density at radius 2 is 2.12 bits per heavy atom. The first kappa shape index (κ1) is 11.5. The molecule has 1 aromatic carbocycles. The zero-order chi connectivity index (χ0) is 12.1. The van der Waals surface area contributed by atoms with Gasteiger partial charge in [-0.2, -0.15) is 5.26 Å². The number of allylic oxidation sites excluding steroid dienone is 2. The van der Waals surface area contributed by atoms with Crippen LogP contribution in [0.4, 0.5) is 0 Å². The topological polar surface area (TPSA) is 45.4 Å². The third kappa shape index (κ3) is 2.40. The number of benzene rings is 1. The number of thioether (sulfide) groups is 1. The molecule has 0 amide bonds. The summed E-state index contributed by atoms with van der Waals surface area (Å²) in [5, 5.41) is 15.8. The van der Waals surface area contributed by atoms with E-state index in [1.165, 1.54) is 18.9 Å². The molecule has 84 valence electrons. The molecule has 0 saturated heterocycles. The van der Waals surface area contributed by atoms with E-state index in [9.17, 15) is 5.26 Å². The Kier molecular flexibility index (Phi) is 3.63. The zero-order valence-electron chi connectivity index (χ0n) is 9.25. The maximum absolute atomic E-state index is 9.28. The molecule has 1 aromatic rings. The molecule has 0 atom stereocenters. The maximum atomic E-state index is 9.28. The van der Waals surface area contributed by atoms with Gasteiger partial charge in [-0.1, -0.05) is 47.2 Å². The number of rotatable bonds is 2. The number of oxime groups is 1. The second-order valence-corrected chi connectivity index (χ2v) is 4.16. The predicted molar refractivity (Wildman–Crippen MR) is 70.2 cm³/mol. The Bertz CT molecular complexity index is 538. The fraction of sp³-hybridized carbons (Fsp3) is 0.0769. The van der Waals surface area contributed by atoms with E-state index in [1.807, 2.05) is 41.8 Å². The Balaban J connectivity index is 2.52. The fourth-order valence-corrected chi connectivity index (χ4v) is 2.28. The van der Waals surface area contributed by atoms with E-state index >= 15 is 0 Å². The van der Waals surface area contributed by atoms with Crippen LogP contribution >= 0.6 is 11.8 Å². The molecule has 4 heteroatoms. The van der Waals surface area contributed by atoms with Gasteiger partial charge in [0.25, 0.3) is 0 Å². The summed E-state index contributed by atoms with van der Waals surface area (Å²) in [6.07, 6.45) is 1.88. The summed E-state index contributed by atoms with van der Waals surface area (Å²) in [6, 6.07) is 11.8. The van der Waals surface area contributed by atoms with Crippen molar-refractivity contribution in [3.8, 4) is 6.07 Å². The molecule has 0 unspecified atom stereocenters. The minimum absolute atomic E-state index is 0.614. The van der Waals surface area contributed by atoms with E-state index in [4.69, 9.17) is 4.84 Å². The van der Waals surface area contributed by atoms with Gasteiger partial charge in [-0.3, -0.25) is 0 Å². The molecule has 1 aliphatic rings. The van der Waals surface area contributed by atoms with Gasteiger partial charge < -0.3 is 4.84 Å². The van der Waals surface area contributed by atoms with Gasteiger partial charge in [-0.25, -0.2) is 0 Å². The molecule has 0 radical (unpaired) electrons. The Labute approximate surface area is 104 Å². The van der Waals surface area contributed by atoms with Crippen molar-refractivity contribution in [3.05, 3.63) is 53.0 Å². The van der Waals surface area contributed by atoms with Crippen LogP contribution in [0.1, 0.15) is 5.56 Å². The minimum atomic E-state index is 0.614. The van der Waals surface area contributed by atoms with Crippen molar-refractivity contribution in [2.75, 3.05) is 7.11 Å². The minimum Gasteiger partial charge on any atom is -0.398 e. The molecule has 0 N–H and O–H groups in total. The molecule has 1 aliphatic heterocycles. The second-order valence-electron chi connectivity index (χ2n) is 3.27. The van der Waals surface area contributed by atoms with Crippen molar-refractivity contribution in [1.82, 2.24) is 0 Å². The monoisotopic (exact) mass is 242 g/mol. The second kappa shape index (κ2) is 5.37. The Morgan fingerprint density at radius 3 is 2.76 bits per heavy atom. The molecule has 2 rings (SSSR count). The first-order chi connectivity index (χ1) is 8.36. The summed E-state index contributed by atoms with van der Waals surface area (Å²) in [7, 11) is 1.50. The fourth-order valence-electron chi connectivity index (χ4n) is 1.53. The molecule has 0 fully saturated rings. The van der Waals surface area contributed by atoms with Crippen LogP contribution in [0, 0.1) is 11.3 Å². The van der Waals surface area contributed by atoms with Gasteiger partial charge in [-0.15, -0.1) is 0 Å². The first-order valence-corrected chi connectivity index (χ1v) is 5.89. The summed E-state index contributed by atoms with van der Waals surface area (Å²) in [5.74, 6) is 0. The molecule has 3 nitrogen and oxygen atoms in total. The molecule has 0 aliphatic carbocycles. The van der Waals surface area contributed by atoms with Crippen molar-refractivity contribution in [1.29, 1.82) is 5.26 Å². The van der Waals surface area contributed by atoms with Crippen molar-refractivity contribution in [3.63, 3.8) is 0 Å². The van der Waals surface area contributed by atoms with E-state index in [0.29, 0.717) is 10.6 Å². The van der Waals surface area contributed by atoms with Crippen LogP contribution in [0.25, 0.3) is 5.57 Å². The van der Waals surface area contributed by atoms with Crippen molar-refractivity contribution < 1.29 is 4.84 Å². The lowest BCUT2D eigenvalue weighted by molar-refractivity contribution is 0.215. The molecule has 1 heterocycles. The molecule has 0 saturated carbocycles. The van der Waals surface area contributed by atoms with Gasteiger partial charge in [0.05, 0.1) is 5.57 Å².